The fourth-order valence-electron chi connectivity index (χ4n) is 3.78. The first-order chi connectivity index (χ1) is 13.0. The van der Waals surface area contributed by atoms with Crippen LogP contribution in [-0.4, -0.2) is 75.5 Å². The highest BCUT2D eigenvalue weighted by molar-refractivity contribution is 5.76. The molecule has 1 amide bonds. The molecule has 1 saturated heterocycles. The van der Waals surface area contributed by atoms with Crippen molar-refractivity contribution in [2.75, 3.05) is 32.8 Å². The summed E-state index contributed by atoms with van der Waals surface area (Å²) in [4.78, 5) is 27.8. The molecule has 8 heteroatoms. The molecule has 0 aliphatic carbocycles. The van der Waals surface area contributed by atoms with E-state index in [0.717, 1.165) is 63.6 Å². The number of hydrogen-bond acceptors (Lipinski definition) is 5. The van der Waals surface area contributed by atoms with Crippen molar-refractivity contribution < 1.29 is 19.4 Å². The summed E-state index contributed by atoms with van der Waals surface area (Å²) in [7, 11) is 0. The highest BCUT2D eigenvalue weighted by atomic mass is 16.5. The molecule has 1 aromatic rings. The quantitative estimate of drug-likeness (QED) is 0.765. The lowest BCUT2D eigenvalue weighted by atomic mass is 10.1. The lowest BCUT2D eigenvalue weighted by molar-refractivity contribution is -0.137. The van der Waals surface area contributed by atoms with Crippen molar-refractivity contribution in [3.05, 3.63) is 17.5 Å². The molecule has 1 N–H and O–H groups in total. The predicted molar refractivity (Wildman–Crippen MR) is 99.3 cm³/mol. The number of aromatic nitrogens is 2. The summed E-state index contributed by atoms with van der Waals surface area (Å²) in [6.45, 7) is 7.70. The van der Waals surface area contributed by atoms with Crippen molar-refractivity contribution in [1.82, 2.24) is 19.6 Å². The molecule has 0 aromatic carbocycles. The van der Waals surface area contributed by atoms with Crippen LogP contribution in [0.2, 0.25) is 0 Å². The van der Waals surface area contributed by atoms with Gasteiger partial charge in [-0.05, 0) is 25.8 Å². The van der Waals surface area contributed by atoms with E-state index in [2.05, 4.69) is 16.9 Å². The summed E-state index contributed by atoms with van der Waals surface area (Å²) >= 11 is 0. The molecule has 27 heavy (non-hydrogen) atoms. The maximum absolute atomic E-state index is 12.7. The van der Waals surface area contributed by atoms with Crippen molar-refractivity contribution in [3.8, 4) is 0 Å². The van der Waals surface area contributed by atoms with E-state index in [1.54, 1.807) is 0 Å². The smallest absolute Gasteiger partial charge is 0.303 e. The number of amides is 1. The standard InChI is InChI=1S/C19H30N4O4/c1-15(21-9-11-27-12-10-21)3-5-18(24)22-7-2-8-23-17(14-22)13-16(20-23)4-6-19(25)26/h13,15H,2-12,14H2,1H3,(H,25,26)/t15-/m1/s1. The van der Waals surface area contributed by atoms with Crippen molar-refractivity contribution in [2.24, 2.45) is 0 Å². The topological polar surface area (TPSA) is 87.9 Å². The molecule has 0 radical (unpaired) electrons. The highest BCUT2D eigenvalue weighted by Crippen LogP contribution is 2.17. The van der Waals surface area contributed by atoms with E-state index >= 15 is 0 Å². The van der Waals surface area contributed by atoms with Gasteiger partial charge in [0.25, 0.3) is 0 Å². The summed E-state index contributed by atoms with van der Waals surface area (Å²) in [5.74, 6) is -0.624. The Bertz CT molecular complexity index is 654. The van der Waals surface area contributed by atoms with Crippen LogP contribution in [0.15, 0.2) is 6.07 Å². The molecule has 2 aliphatic rings. The van der Waals surface area contributed by atoms with Gasteiger partial charge in [-0.3, -0.25) is 19.2 Å². The Kier molecular flexibility index (Phi) is 6.84. The minimum Gasteiger partial charge on any atom is -0.481 e. The average molecular weight is 378 g/mol. The number of nitrogens with zero attached hydrogens (tertiary/aromatic N) is 4. The molecule has 0 unspecified atom stereocenters. The number of carbonyl (C=O) groups excluding carboxylic acids is 1. The second-order valence-corrected chi connectivity index (χ2v) is 7.45. The molecule has 0 spiro atoms. The van der Waals surface area contributed by atoms with E-state index < -0.39 is 5.97 Å². The van der Waals surface area contributed by atoms with Gasteiger partial charge in [-0.25, -0.2) is 0 Å². The van der Waals surface area contributed by atoms with E-state index in [-0.39, 0.29) is 12.3 Å². The Balaban J connectivity index is 1.52. The summed E-state index contributed by atoms with van der Waals surface area (Å²) in [5.41, 5.74) is 1.80. The number of hydrogen-bond donors (Lipinski definition) is 1. The van der Waals surface area contributed by atoms with Gasteiger partial charge in [-0.15, -0.1) is 0 Å². The van der Waals surface area contributed by atoms with Crippen molar-refractivity contribution in [1.29, 1.82) is 0 Å². The van der Waals surface area contributed by atoms with Crippen molar-refractivity contribution in [3.63, 3.8) is 0 Å². The maximum atomic E-state index is 12.7. The molecule has 1 atom stereocenters. The van der Waals surface area contributed by atoms with Gasteiger partial charge in [0.1, 0.15) is 0 Å². The Hall–Kier alpha value is -1.93. The van der Waals surface area contributed by atoms with Crippen LogP contribution in [0.25, 0.3) is 0 Å². The SMILES string of the molecule is C[C@H](CCC(=O)N1CCCn2nc(CCC(=O)O)cc2C1)N1CCOCC1. The molecular formula is C19H30N4O4. The second kappa shape index (κ2) is 9.32. The lowest BCUT2D eigenvalue weighted by Gasteiger charge is -2.32. The summed E-state index contributed by atoms with van der Waals surface area (Å²) in [6, 6.07) is 2.34. The van der Waals surface area contributed by atoms with Crippen LogP contribution in [0.3, 0.4) is 0 Å². The van der Waals surface area contributed by atoms with Gasteiger partial charge in [0.05, 0.1) is 37.6 Å². The van der Waals surface area contributed by atoms with Crippen LogP contribution >= 0.6 is 0 Å². The number of aryl methyl sites for hydroxylation is 2. The first-order valence-corrected chi connectivity index (χ1v) is 9.90. The van der Waals surface area contributed by atoms with E-state index in [0.29, 0.717) is 25.4 Å². The van der Waals surface area contributed by atoms with Crippen LogP contribution in [0.5, 0.6) is 0 Å². The number of morpholine rings is 1. The average Bonchev–Trinajstić information content (AvgIpc) is 2.95. The Morgan fingerprint density at radius 2 is 2.00 bits per heavy atom. The zero-order valence-electron chi connectivity index (χ0n) is 16.1. The Morgan fingerprint density at radius 3 is 2.74 bits per heavy atom. The first kappa shape index (κ1) is 19.8. The number of rotatable bonds is 7. The Morgan fingerprint density at radius 1 is 1.22 bits per heavy atom. The third-order valence-corrected chi connectivity index (χ3v) is 5.46. The summed E-state index contributed by atoms with van der Waals surface area (Å²) in [5, 5.41) is 13.3. The second-order valence-electron chi connectivity index (χ2n) is 7.45. The molecular weight excluding hydrogens is 348 g/mol. The third-order valence-electron chi connectivity index (χ3n) is 5.46. The number of aliphatic carboxylic acids is 1. The molecule has 1 aromatic heterocycles. The predicted octanol–water partition coefficient (Wildman–Crippen LogP) is 1.13. The fraction of sp³-hybridized carbons (Fsp3) is 0.737. The van der Waals surface area contributed by atoms with Gasteiger partial charge in [-0.2, -0.15) is 5.10 Å². The van der Waals surface area contributed by atoms with E-state index in [1.807, 2.05) is 15.6 Å². The van der Waals surface area contributed by atoms with E-state index in [9.17, 15) is 9.59 Å². The minimum absolute atomic E-state index is 0.0819. The van der Waals surface area contributed by atoms with Gasteiger partial charge in [0, 0.05) is 45.1 Å². The number of fused-ring (bicyclic) bond motifs is 1. The summed E-state index contributed by atoms with van der Waals surface area (Å²) in [6.07, 6.45) is 2.80. The first-order valence-electron chi connectivity index (χ1n) is 9.90. The zero-order valence-corrected chi connectivity index (χ0v) is 16.1. The van der Waals surface area contributed by atoms with Gasteiger partial charge < -0.3 is 14.7 Å². The number of ether oxygens (including phenoxy) is 1. The third kappa shape index (κ3) is 5.52. The number of carbonyl (C=O) groups is 2. The number of carboxylic acid groups (broad SMARTS) is 1. The molecule has 150 valence electrons. The van der Waals surface area contributed by atoms with Crippen LogP contribution in [-0.2, 0) is 33.8 Å². The zero-order chi connectivity index (χ0) is 19.2. The Labute approximate surface area is 160 Å². The molecule has 0 bridgehead atoms. The van der Waals surface area contributed by atoms with Gasteiger partial charge >= 0.3 is 5.97 Å². The van der Waals surface area contributed by atoms with Crippen LogP contribution in [0, 0.1) is 0 Å². The molecule has 1 fully saturated rings. The van der Waals surface area contributed by atoms with E-state index in [4.69, 9.17) is 9.84 Å². The van der Waals surface area contributed by atoms with Crippen molar-refractivity contribution in [2.45, 2.75) is 58.2 Å². The van der Waals surface area contributed by atoms with Gasteiger partial charge in [0.2, 0.25) is 5.91 Å². The molecule has 8 nitrogen and oxygen atoms in total. The summed E-state index contributed by atoms with van der Waals surface area (Å²) < 4.78 is 7.32. The van der Waals surface area contributed by atoms with Crippen molar-refractivity contribution >= 4 is 11.9 Å². The monoisotopic (exact) mass is 378 g/mol. The maximum Gasteiger partial charge on any atom is 0.303 e. The van der Waals surface area contributed by atoms with Crippen LogP contribution in [0.1, 0.15) is 44.0 Å². The fourth-order valence-corrected chi connectivity index (χ4v) is 3.78. The molecule has 0 saturated carbocycles. The van der Waals surface area contributed by atoms with E-state index in [1.165, 1.54) is 0 Å². The minimum atomic E-state index is -0.815. The largest absolute Gasteiger partial charge is 0.481 e. The number of carboxylic acids is 1. The molecule has 3 heterocycles. The van der Waals surface area contributed by atoms with Crippen LogP contribution in [0.4, 0.5) is 0 Å². The lowest BCUT2D eigenvalue weighted by Crippen LogP contribution is -2.42. The molecule has 3 rings (SSSR count). The van der Waals surface area contributed by atoms with Crippen LogP contribution < -0.4 is 0 Å². The normalized spacial score (nSPS) is 19.4. The van der Waals surface area contributed by atoms with Gasteiger partial charge in [0.15, 0.2) is 0 Å². The highest BCUT2D eigenvalue weighted by Gasteiger charge is 2.23. The van der Waals surface area contributed by atoms with Gasteiger partial charge in [-0.1, -0.05) is 0 Å². The molecule has 2 aliphatic heterocycles.